The number of hydrogen-bond donors (Lipinski definition) is 0. The van der Waals surface area contributed by atoms with Crippen LogP contribution in [0.15, 0.2) is 65.1 Å². The maximum atomic E-state index is 6.20. The summed E-state index contributed by atoms with van der Waals surface area (Å²) in [6.07, 6.45) is 0. The molecule has 0 saturated heterocycles. The summed E-state index contributed by atoms with van der Waals surface area (Å²) in [6, 6.07) is 21.9. The van der Waals surface area contributed by atoms with Gasteiger partial charge in [0.2, 0.25) is 0 Å². The zero-order valence-corrected chi connectivity index (χ0v) is 13.4. The van der Waals surface area contributed by atoms with Crippen molar-refractivity contribution in [3.63, 3.8) is 0 Å². The molecule has 4 aromatic carbocycles. The normalized spacial score (nSPS) is 13.0. The van der Waals surface area contributed by atoms with Gasteiger partial charge < -0.3 is 4.42 Å². The highest BCUT2D eigenvalue weighted by molar-refractivity contribution is 7.26. The lowest BCUT2D eigenvalue weighted by Crippen LogP contribution is -1.78. The third kappa shape index (κ3) is 1.12. The monoisotopic (exact) mass is 322 g/mol. The van der Waals surface area contributed by atoms with E-state index in [1.54, 1.807) is 0 Å². The van der Waals surface area contributed by atoms with Gasteiger partial charge in [0.15, 0.2) is 0 Å². The molecule has 0 aliphatic heterocycles. The van der Waals surface area contributed by atoms with Gasteiger partial charge in [0.25, 0.3) is 0 Å². The van der Waals surface area contributed by atoms with E-state index in [-0.39, 0.29) is 0 Å². The van der Waals surface area contributed by atoms with Crippen molar-refractivity contribution in [2.45, 2.75) is 0 Å². The van der Waals surface area contributed by atoms with E-state index in [1.165, 1.54) is 52.8 Å². The van der Waals surface area contributed by atoms with Gasteiger partial charge >= 0.3 is 0 Å². The highest BCUT2D eigenvalue weighted by Crippen LogP contribution is 2.51. The van der Waals surface area contributed by atoms with Crippen LogP contribution in [0.5, 0.6) is 0 Å². The Kier molecular flexibility index (Phi) is 1.76. The second-order valence-electron chi connectivity index (χ2n) is 6.54. The molecule has 0 N–H and O–H groups in total. The third-order valence-corrected chi connectivity index (χ3v) is 6.51. The molecule has 1 aliphatic rings. The van der Waals surface area contributed by atoms with Gasteiger partial charge in [-0.25, -0.2) is 0 Å². The Balaban J connectivity index is 2.06. The summed E-state index contributed by atoms with van der Waals surface area (Å²) in [7, 11) is 0. The molecular formula is C22H10OS. The third-order valence-electron chi connectivity index (χ3n) is 5.39. The minimum absolute atomic E-state index is 0.984. The predicted molar refractivity (Wildman–Crippen MR) is 103 cm³/mol. The number of hydrogen-bond acceptors (Lipinski definition) is 2. The van der Waals surface area contributed by atoms with Crippen molar-refractivity contribution in [1.29, 1.82) is 0 Å². The minimum atomic E-state index is 0.984. The van der Waals surface area contributed by atoms with E-state index < -0.39 is 0 Å². The van der Waals surface area contributed by atoms with Crippen molar-refractivity contribution in [2.75, 3.05) is 0 Å². The van der Waals surface area contributed by atoms with Crippen LogP contribution in [0.2, 0.25) is 0 Å². The predicted octanol–water partition coefficient (Wildman–Crippen LogP) is 7.09. The highest BCUT2D eigenvalue weighted by atomic mass is 32.1. The molecule has 0 fully saturated rings. The summed E-state index contributed by atoms with van der Waals surface area (Å²) in [6.45, 7) is 0. The zero-order chi connectivity index (χ0) is 15.4. The molecule has 2 aromatic heterocycles. The average molecular weight is 322 g/mol. The van der Waals surface area contributed by atoms with E-state index >= 15 is 0 Å². The van der Waals surface area contributed by atoms with Crippen LogP contribution in [0.4, 0.5) is 0 Å². The highest BCUT2D eigenvalue weighted by Gasteiger charge is 2.23. The average Bonchev–Trinajstić information content (AvgIpc) is 3.14. The molecule has 2 heteroatoms. The molecule has 110 valence electrons. The van der Waals surface area contributed by atoms with Gasteiger partial charge in [0.1, 0.15) is 11.2 Å². The maximum Gasteiger partial charge on any atom is 0.136 e. The molecule has 7 rings (SSSR count). The molecule has 0 unspecified atom stereocenters. The van der Waals surface area contributed by atoms with Crippen molar-refractivity contribution >= 4 is 64.2 Å². The van der Waals surface area contributed by atoms with Crippen LogP contribution < -0.4 is 0 Å². The van der Waals surface area contributed by atoms with E-state index in [0.29, 0.717) is 0 Å². The fourth-order valence-electron chi connectivity index (χ4n) is 4.48. The largest absolute Gasteiger partial charge is 0.456 e. The summed E-state index contributed by atoms with van der Waals surface area (Å²) >= 11 is 1.89. The Labute approximate surface area is 140 Å². The number of benzene rings is 4. The molecule has 0 radical (unpaired) electrons. The van der Waals surface area contributed by atoms with E-state index in [1.807, 2.05) is 11.3 Å². The number of furan rings is 1. The lowest BCUT2D eigenvalue weighted by molar-refractivity contribution is 0.669. The van der Waals surface area contributed by atoms with Crippen LogP contribution in [-0.4, -0.2) is 0 Å². The second kappa shape index (κ2) is 3.63. The fraction of sp³-hybridized carbons (Fsp3) is 0. The molecule has 2 heterocycles. The van der Waals surface area contributed by atoms with Gasteiger partial charge in [-0.2, -0.15) is 0 Å². The number of thiophene rings is 1. The van der Waals surface area contributed by atoms with Crippen LogP contribution in [0.1, 0.15) is 0 Å². The first-order valence-electron chi connectivity index (χ1n) is 8.13. The SMILES string of the molecule is c1cc2c3c(c1)oc1ccc4ccc5sc6cccc-2c6c5c4c13. The molecule has 24 heavy (non-hydrogen) atoms. The van der Waals surface area contributed by atoms with Crippen molar-refractivity contribution in [2.24, 2.45) is 0 Å². The summed E-state index contributed by atoms with van der Waals surface area (Å²) < 4.78 is 8.92. The number of rotatable bonds is 0. The Morgan fingerprint density at radius 2 is 1.29 bits per heavy atom. The quantitative estimate of drug-likeness (QED) is 0.290. The van der Waals surface area contributed by atoms with Crippen LogP contribution >= 0.6 is 11.3 Å². The standard InChI is InChI=1S/C22H10OS/c1-3-12-13-4-2-6-16-20(13)22-17(24-16)10-8-11-7-9-15-21(18(11)22)19(12)14(5-1)23-15/h1-10H. The molecule has 1 nitrogen and oxygen atoms in total. The molecule has 6 aromatic rings. The van der Waals surface area contributed by atoms with Crippen molar-refractivity contribution < 1.29 is 4.42 Å². The van der Waals surface area contributed by atoms with Crippen LogP contribution in [0, 0.1) is 0 Å². The van der Waals surface area contributed by atoms with E-state index in [9.17, 15) is 0 Å². The summed E-state index contributed by atoms with van der Waals surface area (Å²) in [4.78, 5) is 0. The molecule has 1 aliphatic carbocycles. The fourth-order valence-corrected chi connectivity index (χ4v) is 5.62. The first kappa shape index (κ1) is 11.7. The Morgan fingerprint density at radius 3 is 2.25 bits per heavy atom. The first-order chi connectivity index (χ1) is 11.9. The Morgan fingerprint density at radius 1 is 0.542 bits per heavy atom. The second-order valence-corrected chi connectivity index (χ2v) is 7.62. The molecule has 0 atom stereocenters. The minimum Gasteiger partial charge on any atom is -0.456 e. The lowest BCUT2D eigenvalue weighted by Gasteiger charge is -2.04. The van der Waals surface area contributed by atoms with Crippen LogP contribution in [-0.2, 0) is 0 Å². The summed E-state index contributed by atoms with van der Waals surface area (Å²) in [5, 5.41) is 7.99. The Bertz CT molecular complexity index is 1390. The van der Waals surface area contributed by atoms with Gasteiger partial charge in [-0.1, -0.05) is 36.4 Å². The Hall–Kier alpha value is -2.84. The van der Waals surface area contributed by atoms with Crippen molar-refractivity contribution in [3.05, 3.63) is 60.7 Å². The van der Waals surface area contributed by atoms with Crippen LogP contribution in [0.25, 0.3) is 64.0 Å². The summed E-state index contributed by atoms with van der Waals surface area (Å²) in [5.41, 5.74) is 4.60. The van der Waals surface area contributed by atoms with Gasteiger partial charge in [-0.15, -0.1) is 11.3 Å². The molecule has 0 bridgehead atoms. The number of fused-ring (bicyclic) bond motifs is 1. The van der Waals surface area contributed by atoms with Gasteiger partial charge in [-0.3, -0.25) is 0 Å². The zero-order valence-electron chi connectivity index (χ0n) is 12.6. The topological polar surface area (TPSA) is 13.1 Å². The van der Waals surface area contributed by atoms with Crippen molar-refractivity contribution in [3.8, 4) is 11.1 Å². The van der Waals surface area contributed by atoms with Crippen LogP contribution in [0.3, 0.4) is 0 Å². The first-order valence-corrected chi connectivity index (χ1v) is 8.94. The van der Waals surface area contributed by atoms with Gasteiger partial charge in [-0.05, 0) is 40.8 Å². The summed E-state index contributed by atoms with van der Waals surface area (Å²) in [5.74, 6) is 0. The lowest BCUT2D eigenvalue weighted by atomic mass is 9.99. The van der Waals surface area contributed by atoms with Crippen molar-refractivity contribution in [1.82, 2.24) is 0 Å². The smallest absolute Gasteiger partial charge is 0.136 e. The van der Waals surface area contributed by atoms with E-state index in [0.717, 1.165) is 11.2 Å². The van der Waals surface area contributed by atoms with Gasteiger partial charge in [0.05, 0.1) is 0 Å². The molecule has 0 spiro atoms. The van der Waals surface area contributed by atoms with E-state index in [2.05, 4.69) is 60.7 Å². The maximum absolute atomic E-state index is 6.20. The van der Waals surface area contributed by atoms with E-state index in [4.69, 9.17) is 4.42 Å². The van der Waals surface area contributed by atoms with Gasteiger partial charge in [0, 0.05) is 36.3 Å². The molecule has 0 saturated carbocycles. The molecule has 0 amide bonds. The molecular weight excluding hydrogens is 312 g/mol.